The van der Waals surface area contributed by atoms with Crippen molar-refractivity contribution in [2.24, 2.45) is 0 Å². The summed E-state index contributed by atoms with van der Waals surface area (Å²) >= 11 is 0. The number of hydrogen-bond acceptors (Lipinski definition) is 8. The number of nitrogens with zero attached hydrogens (tertiary/aromatic N) is 2. The molecule has 35 heavy (non-hydrogen) atoms. The first-order chi connectivity index (χ1) is 16.8. The maximum Gasteiger partial charge on any atom is 0.295 e. The van der Waals surface area contributed by atoms with E-state index in [1.165, 1.54) is 33.3 Å². The number of hydrogen-bond donors (Lipinski definition) is 1. The molecule has 1 aliphatic heterocycles. The van der Waals surface area contributed by atoms with E-state index in [1.807, 2.05) is 19.0 Å². The minimum Gasteiger partial charge on any atom is -0.507 e. The number of amides is 1. The lowest BCUT2D eigenvalue weighted by molar-refractivity contribution is -0.139. The molecule has 0 aromatic heterocycles. The van der Waals surface area contributed by atoms with E-state index in [9.17, 15) is 14.7 Å². The maximum atomic E-state index is 13.2. The molecular weight excluding hydrogens is 452 g/mol. The third-order valence-electron chi connectivity index (χ3n) is 5.92. The van der Waals surface area contributed by atoms with Crippen LogP contribution in [0.4, 0.5) is 0 Å². The molecule has 0 aliphatic carbocycles. The largest absolute Gasteiger partial charge is 0.507 e. The summed E-state index contributed by atoms with van der Waals surface area (Å²) in [6, 6.07) is 9.21. The number of Topliss-reactive ketones (excluding diaryl/α,β-unsaturated/α-hetero) is 1. The molecule has 1 fully saturated rings. The van der Waals surface area contributed by atoms with Crippen molar-refractivity contribution < 1.29 is 33.6 Å². The number of methoxy groups -OCH3 is 4. The fourth-order valence-corrected chi connectivity index (χ4v) is 4.18. The third-order valence-corrected chi connectivity index (χ3v) is 5.92. The van der Waals surface area contributed by atoms with Gasteiger partial charge >= 0.3 is 0 Å². The molecule has 1 saturated heterocycles. The topological polar surface area (TPSA) is 97.8 Å². The highest BCUT2D eigenvalue weighted by Gasteiger charge is 2.46. The zero-order chi connectivity index (χ0) is 25.7. The van der Waals surface area contributed by atoms with Gasteiger partial charge in [0.2, 0.25) is 0 Å². The van der Waals surface area contributed by atoms with E-state index < -0.39 is 17.7 Å². The number of ether oxygens (including phenoxy) is 4. The van der Waals surface area contributed by atoms with E-state index in [0.717, 1.165) is 6.54 Å². The highest BCUT2D eigenvalue weighted by Crippen LogP contribution is 2.42. The lowest BCUT2D eigenvalue weighted by Gasteiger charge is -2.26. The lowest BCUT2D eigenvalue weighted by atomic mass is 9.94. The molecule has 0 bridgehead atoms. The van der Waals surface area contributed by atoms with Crippen molar-refractivity contribution in [2.75, 3.05) is 55.6 Å². The molecular formula is C26H32N2O7. The first-order valence-corrected chi connectivity index (χ1v) is 11.1. The van der Waals surface area contributed by atoms with Gasteiger partial charge in [0.15, 0.2) is 23.0 Å². The fourth-order valence-electron chi connectivity index (χ4n) is 4.18. The van der Waals surface area contributed by atoms with Gasteiger partial charge in [0.25, 0.3) is 11.7 Å². The molecule has 2 aromatic carbocycles. The second-order valence-corrected chi connectivity index (χ2v) is 8.33. The molecule has 0 saturated carbocycles. The number of rotatable bonds is 10. The third kappa shape index (κ3) is 5.19. The monoisotopic (exact) mass is 484 g/mol. The average Bonchev–Trinajstić information content (AvgIpc) is 3.12. The van der Waals surface area contributed by atoms with Crippen molar-refractivity contribution >= 4 is 17.4 Å². The fraction of sp³-hybridized carbons (Fsp3) is 0.385. The summed E-state index contributed by atoms with van der Waals surface area (Å²) in [5.41, 5.74) is 0.951. The number of aliphatic hydroxyl groups is 1. The molecule has 1 heterocycles. The second-order valence-electron chi connectivity index (χ2n) is 8.33. The quantitative estimate of drug-likeness (QED) is 0.312. The minimum atomic E-state index is -0.801. The molecule has 1 amide bonds. The average molecular weight is 485 g/mol. The van der Waals surface area contributed by atoms with Crippen LogP contribution in [-0.2, 0) is 9.59 Å². The predicted molar refractivity (Wildman–Crippen MR) is 131 cm³/mol. The Morgan fingerprint density at radius 2 is 1.46 bits per heavy atom. The number of likely N-dealkylation sites (tertiary alicyclic amines) is 1. The van der Waals surface area contributed by atoms with Crippen LogP contribution in [0.3, 0.4) is 0 Å². The van der Waals surface area contributed by atoms with Crippen LogP contribution in [0.1, 0.15) is 23.6 Å². The van der Waals surface area contributed by atoms with Gasteiger partial charge in [0.1, 0.15) is 5.76 Å². The van der Waals surface area contributed by atoms with E-state index in [2.05, 4.69) is 0 Å². The highest BCUT2D eigenvalue weighted by molar-refractivity contribution is 6.46. The first-order valence-electron chi connectivity index (χ1n) is 11.1. The predicted octanol–water partition coefficient (Wildman–Crippen LogP) is 3.09. The summed E-state index contributed by atoms with van der Waals surface area (Å²) < 4.78 is 21.4. The van der Waals surface area contributed by atoms with E-state index in [0.29, 0.717) is 47.1 Å². The molecule has 1 N–H and O–H groups in total. The molecule has 1 aliphatic rings. The Kier molecular flexibility index (Phi) is 8.24. The lowest BCUT2D eigenvalue weighted by Crippen LogP contribution is -2.32. The normalized spacial score (nSPS) is 17.1. The molecule has 9 heteroatoms. The SMILES string of the molecule is COc1ccc(/C(O)=C2\C(=O)C(=O)N(CCCN(C)C)[C@H]2c2ccc(OC)c(OC)c2)cc1OC. The Morgan fingerprint density at radius 3 is 2.03 bits per heavy atom. The van der Waals surface area contributed by atoms with Gasteiger partial charge < -0.3 is 33.9 Å². The summed E-state index contributed by atoms with van der Waals surface area (Å²) in [5.74, 6) is 0.131. The van der Waals surface area contributed by atoms with Gasteiger partial charge in [-0.2, -0.15) is 0 Å². The Labute approximate surface area is 205 Å². The zero-order valence-corrected chi connectivity index (χ0v) is 21.0. The molecule has 0 radical (unpaired) electrons. The Hall–Kier alpha value is -3.72. The van der Waals surface area contributed by atoms with Gasteiger partial charge in [0.05, 0.1) is 40.1 Å². The summed E-state index contributed by atoms with van der Waals surface area (Å²) in [6.45, 7) is 1.07. The Balaban J connectivity index is 2.17. The van der Waals surface area contributed by atoms with Crippen LogP contribution in [0.25, 0.3) is 5.76 Å². The molecule has 188 valence electrons. The number of aliphatic hydroxyl groups excluding tert-OH is 1. The molecule has 0 unspecified atom stereocenters. The Morgan fingerprint density at radius 1 is 0.886 bits per heavy atom. The standard InChI is InChI=1S/C26H32N2O7/c1-27(2)12-7-13-28-23(16-8-10-18(32-3)20(14-16)34-5)22(25(30)26(28)31)24(29)17-9-11-19(33-4)21(15-17)35-6/h8-11,14-15,23,29H,7,12-13H2,1-6H3/b24-22+/t23-/m0/s1. The number of ketones is 1. The molecule has 1 atom stereocenters. The summed E-state index contributed by atoms with van der Waals surface area (Å²) in [5, 5.41) is 11.3. The number of benzene rings is 2. The molecule has 0 spiro atoms. The molecule has 9 nitrogen and oxygen atoms in total. The van der Waals surface area contributed by atoms with Crippen LogP contribution in [0.15, 0.2) is 42.0 Å². The summed E-state index contributed by atoms with van der Waals surface area (Å²) in [4.78, 5) is 29.9. The van der Waals surface area contributed by atoms with E-state index in [-0.39, 0.29) is 11.3 Å². The van der Waals surface area contributed by atoms with Crippen molar-refractivity contribution in [1.29, 1.82) is 0 Å². The molecule has 2 aromatic rings. The van der Waals surface area contributed by atoms with Crippen molar-refractivity contribution in [2.45, 2.75) is 12.5 Å². The maximum absolute atomic E-state index is 13.2. The van der Waals surface area contributed by atoms with Crippen LogP contribution in [0, 0.1) is 0 Å². The van der Waals surface area contributed by atoms with Gasteiger partial charge in [0, 0.05) is 12.1 Å². The van der Waals surface area contributed by atoms with Gasteiger partial charge in [-0.3, -0.25) is 9.59 Å². The van der Waals surface area contributed by atoms with Crippen LogP contribution >= 0.6 is 0 Å². The zero-order valence-electron chi connectivity index (χ0n) is 21.0. The van der Waals surface area contributed by atoms with Crippen LogP contribution in [-0.4, -0.2) is 82.2 Å². The van der Waals surface area contributed by atoms with Crippen molar-refractivity contribution in [3.63, 3.8) is 0 Å². The van der Waals surface area contributed by atoms with Gasteiger partial charge in [-0.05, 0) is 63.0 Å². The second kappa shape index (κ2) is 11.1. The smallest absolute Gasteiger partial charge is 0.295 e. The Bertz CT molecular complexity index is 1130. The summed E-state index contributed by atoms with van der Waals surface area (Å²) in [6.07, 6.45) is 0.653. The van der Waals surface area contributed by atoms with Gasteiger partial charge in [-0.1, -0.05) is 6.07 Å². The number of carbonyl (C=O) groups excluding carboxylic acids is 2. The van der Waals surface area contributed by atoms with Crippen LogP contribution in [0.5, 0.6) is 23.0 Å². The first kappa shape index (κ1) is 25.9. The van der Waals surface area contributed by atoms with E-state index in [1.54, 1.807) is 36.4 Å². The van der Waals surface area contributed by atoms with Crippen LogP contribution < -0.4 is 18.9 Å². The van der Waals surface area contributed by atoms with E-state index >= 15 is 0 Å². The minimum absolute atomic E-state index is 0.000655. The van der Waals surface area contributed by atoms with E-state index in [4.69, 9.17) is 18.9 Å². The highest BCUT2D eigenvalue weighted by atomic mass is 16.5. The molecule has 3 rings (SSSR count). The summed E-state index contributed by atoms with van der Waals surface area (Å²) in [7, 11) is 9.91. The van der Waals surface area contributed by atoms with Gasteiger partial charge in [-0.25, -0.2) is 0 Å². The van der Waals surface area contributed by atoms with Crippen molar-refractivity contribution in [3.05, 3.63) is 53.1 Å². The number of carbonyl (C=O) groups is 2. The van der Waals surface area contributed by atoms with Crippen LogP contribution in [0.2, 0.25) is 0 Å². The van der Waals surface area contributed by atoms with Gasteiger partial charge in [-0.15, -0.1) is 0 Å². The van der Waals surface area contributed by atoms with Crippen molar-refractivity contribution in [1.82, 2.24) is 9.80 Å². The van der Waals surface area contributed by atoms with Crippen molar-refractivity contribution in [3.8, 4) is 23.0 Å².